The van der Waals surface area contributed by atoms with E-state index in [4.69, 9.17) is 22.4 Å². The van der Waals surface area contributed by atoms with Gasteiger partial charge in [-0.05, 0) is 18.2 Å². The van der Waals surface area contributed by atoms with Crippen molar-refractivity contribution >= 4 is 28.9 Å². The molecule has 0 spiro atoms. The molecule has 5 nitrogen and oxygen atoms in total. The summed E-state index contributed by atoms with van der Waals surface area (Å²) >= 11 is 5.74. The second kappa shape index (κ2) is 7.48. The molecule has 0 fully saturated rings. The Morgan fingerprint density at radius 2 is 2.10 bits per heavy atom. The molecule has 0 radical (unpaired) electrons. The van der Waals surface area contributed by atoms with E-state index < -0.39 is 31.8 Å². The number of alkyl halides is 3. The Hall–Kier alpha value is -1.51. The minimum absolute atomic E-state index is 0.225. The van der Waals surface area contributed by atoms with Crippen LogP contribution in [0.1, 0.15) is 0 Å². The van der Waals surface area contributed by atoms with Gasteiger partial charge in [-0.15, -0.1) is 0 Å². The van der Waals surface area contributed by atoms with Crippen molar-refractivity contribution in [3.05, 3.63) is 23.2 Å². The van der Waals surface area contributed by atoms with Gasteiger partial charge in [0.1, 0.15) is 0 Å². The number of nitrogens with zero attached hydrogens (tertiary/aromatic N) is 1. The van der Waals surface area contributed by atoms with E-state index in [2.05, 4.69) is 5.32 Å². The van der Waals surface area contributed by atoms with E-state index in [9.17, 15) is 18.0 Å². The third kappa shape index (κ3) is 6.65. The highest BCUT2D eigenvalue weighted by atomic mass is 35.5. The van der Waals surface area contributed by atoms with Gasteiger partial charge in [-0.2, -0.15) is 13.2 Å². The molecule has 1 rings (SSSR count). The summed E-state index contributed by atoms with van der Waals surface area (Å²) in [5.41, 5.74) is 6.09. The number of carbonyl (C=O) groups excluding carboxylic acids is 1. The topological polar surface area (TPSA) is 78.6 Å². The molecular weight excluding hydrogens is 311 g/mol. The van der Waals surface area contributed by atoms with Crippen LogP contribution in [0.4, 0.5) is 24.5 Å². The molecule has 0 unspecified atom stereocenters. The summed E-state index contributed by atoms with van der Waals surface area (Å²) in [4.78, 5) is 12.5. The zero-order valence-corrected chi connectivity index (χ0v) is 11.7. The van der Waals surface area contributed by atoms with Crippen LogP contribution < -0.4 is 11.1 Å². The van der Waals surface area contributed by atoms with Crippen molar-refractivity contribution in [3.8, 4) is 0 Å². The van der Waals surface area contributed by atoms with E-state index in [1.165, 1.54) is 18.2 Å². The first kappa shape index (κ1) is 17.5. The fourth-order valence-electron chi connectivity index (χ4n) is 1.64. The zero-order valence-electron chi connectivity index (χ0n) is 11.0. The standard InChI is InChI=1S/C12H15ClF3N3O2/c13-8-1-2-9(17)10(5-8)18-11(21)6-19(3-4-20)7-12(14,15)16/h1-2,5,20H,3-4,6-7,17H2,(H,18,21). The van der Waals surface area contributed by atoms with Gasteiger partial charge in [-0.1, -0.05) is 11.6 Å². The third-order valence-corrected chi connectivity index (χ3v) is 2.71. The fourth-order valence-corrected chi connectivity index (χ4v) is 1.81. The number of nitrogen functional groups attached to an aromatic ring is 1. The number of nitrogens with two attached hydrogens (primary N) is 1. The quantitative estimate of drug-likeness (QED) is 0.696. The summed E-state index contributed by atoms with van der Waals surface area (Å²) in [6.07, 6.45) is -4.45. The highest BCUT2D eigenvalue weighted by Gasteiger charge is 2.31. The molecule has 0 aliphatic carbocycles. The zero-order chi connectivity index (χ0) is 16.0. The maximum Gasteiger partial charge on any atom is 0.401 e. The second-order valence-corrected chi connectivity index (χ2v) is 4.77. The molecule has 0 atom stereocenters. The summed E-state index contributed by atoms with van der Waals surface area (Å²) in [7, 11) is 0. The van der Waals surface area contributed by atoms with Gasteiger partial charge in [0.25, 0.3) is 0 Å². The molecule has 9 heteroatoms. The van der Waals surface area contributed by atoms with Gasteiger partial charge < -0.3 is 16.2 Å². The molecule has 0 saturated carbocycles. The predicted octanol–water partition coefficient (Wildman–Crippen LogP) is 1.72. The predicted molar refractivity (Wildman–Crippen MR) is 74.1 cm³/mol. The summed E-state index contributed by atoms with van der Waals surface area (Å²) in [5.74, 6) is -0.679. The van der Waals surface area contributed by atoms with Gasteiger partial charge in [0.2, 0.25) is 5.91 Å². The van der Waals surface area contributed by atoms with Crippen LogP contribution in [0.2, 0.25) is 5.02 Å². The minimum Gasteiger partial charge on any atom is -0.397 e. The summed E-state index contributed by atoms with van der Waals surface area (Å²) in [6, 6.07) is 4.39. The first-order valence-corrected chi connectivity index (χ1v) is 6.34. The Kier molecular flexibility index (Phi) is 6.25. The molecule has 1 amide bonds. The van der Waals surface area contributed by atoms with Gasteiger partial charge in [0.15, 0.2) is 0 Å². The molecule has 0 heterocycles. The van der Waals surface area contributed by atoms with Crippen LogP contribution in [0.15, 0.2) is 18.2 Å². The van der Waals surface area contributed by atoms with Crippen molar-refractivity contribution in [1.82, 2.24) is 4.90 Å². The number of aliphatic hydroxyl groups is 1. The van der Waals surface area contributed by atoms with E-state index in [1.54, 1.807) is 0 Å². The molecule has 1 aromatic rings. The van der Waals surface area contributed by atoms with Crippen molar-refractivity contribution in [2.75, 3.05) is 37.3 Å². The fraction of sp³-hybridized carbons (Fsp3) is 0.417. The summed E-state index contributed by atoms with van der Waals surface area (Å²) in [5, 5.41) is 11.5. The molecule has 0 saturated heterocycles. The molecule has 0 aromatic heterocycles. The first-order chi connectivity index (χ1) is 9.71. The second-order valence-electron chi connectivity index (χ2n) is 4.33. The molecule has 0 aliphatic rings. The van der Waals surface area contributed by atoms with Crippen molar-refractivity contribution in [3.63, 3.8) is 0 Å². The lowest BCUT2D eigenvalue weighted by Gasteiger charge is -2.22. The SMILES string of the molecule is Nc1ccc(Cl)cc1NC(=O)CN(CCO)CC(F)(F)F. The maximum absolute atomic E-state index is 12.3. The molecule has 0 bridgehead atoms. The molecular formula is C12H15ClF3N3O2. The van der Waals surface area contributed by atoms with Gasteiger partial charge in [-0.25, -0.2) is 0 Å². The van der Waals surface area contributed by atoms with Crippen LogP contribution in [0.3, 0.4) is 0 Å². The highest BCUT2D eigenvalue weighted by Crippen LogP contribution is 2.23. The maximum atomic E-state index is 12.3. The lowest BCUT2D eigenvalue weighted by atomic mass is 10.2. The number of anilines is 2. The van der Waals surface area contributed by atoms with Crippen molar-refractivity contribution in [1.29, 1.82) is 0 Å². The number of amides is 1. The van der Waals surface area contributed by atoms with Gasteiger partial charge in [-0.3, -0.25) is 9.69 Å². The lowest BCUT2D eigenvalue weighted by molar-refractivity contribution is -0.148. The Morgan fingerprint density at radius 3 is 2.67 bits per heavy atom. The smallest absolute Gasteiger partial charge is 0.397 e. The first-order valence-electron chi connectivity index (χ1n) is 5.96. The van der Waals surface area contributed by atoms with Crippen LogP contribution in [-0.4, -0.2) is 48.3 Å². The molecule has 4 N–H and O–H groups in total. The lowest BCUT2D eigenvalue weighted by Crippen LogP contribution is -2.41. The van der Waals surface area contributed by atoms with Crippen molar-refractivity contribution in [2.45, 2.75) is 6.18 Å². The third-order valence-electron chi connectivity index (χ3n) is 2.48. The molecule has 0 aliphatic heterocycles. The van der Waals surface area contributed by atoms with Crippen molar-refractivity contribution < 1.29 is 23.1 Å². The van der Waals surface area contributed by atoms with Crippen LogP contribution in [0.25, 0.3) is 0 Å². The molecule has 118 valence electrons. The van der Waals surface area contributed by atoms with Crippen LogP contribution in [-0.2, 0) is 4.79 Å². The Morgan fingerprint density at radius 1 is 1.43 bits per heavy atom. The van der Waals surface area contributed by atoms with E-state index in [0.717, 1.165) is 4.90 Å². The molecule has 1 aromatic carbocycles. The van der Waals surface area contributed by atoms with Gasteiger partial charge in [0, 0.05) is 11.6 Å². The number of carbonyl (C=O) groups is 1. The van der Waals surface area contributed by atoms with Crippen LogP contribution >= 0.6 is 11.6 Å². The number of hydrogen-bond donors (Lipinski definition) is 3. The average Bonchev–Trinajstić information content (AvgIpc) is 2.32. The monoisotopic (exact) mass is 325 g/mol. The Balaban J connectivity index is 2.67. The van der Waals surface area contributed by atoms with Crippen LogP contribution in [0.5, 0.6) is 0 Å². The normalized spacial score (nSPS) is 11.7. The number of halogens is 4. The van der Waals surface area contributed by atoms with Gasteiger partial charge in [0.05, 0.1) is 31.1 Å². The number of nitrogens with one attached hydrogen (secondary N) is 1. The van der Waals surface area contributed by atoms with E-state index in [1.807, 2.05) is 0 Å². The summed E-state index contributed by atoms with van der Waals surface area (Å²) < 4.78 is 37.0. The van der Waals surface area contributed by atoms with E-state index >= 15 is 0 Å². The number of hydrogen-bond acceptors (Lipinski definition) is 4. The highest BCUT2D eigenvalue weighted by molar-refractivity contribution is 6.31. The average molecular weight is 326 g/mol. The number of rotatable bonds is 6. The van der Waals surface area contributed by atoms with Crippen molar-refractivity contribution in [2.24, 2.45) is 0 Å². The van der Waals surface area contributed by atoms with E-state index in [0.29, 0.717) is 5.02 Å². The minimum atomic E-state index is -4.45. The largest absolute Gasteiger partial charge is 0.401 e. The molecule has 21 heavy (non-hydrogen) atoms. The number of benzene rings is 1. The van der Waals surface area contributed by atoms with E-state index in [-0.39, 0.29) is 17.9 Å². The van der Waals surface area contributed by atoms with Gasteiger partial charge >= 0.3 is 6.18 Å². The summed E-state index contributed by atoms with van der Waals surface area (Å²) in [6.45, 7) is -2.56. The van der Waals surface area contributed by atoms with Crippen LogP contribution in [0, 0.1) is 0 Å². The Bertz CT molecular complexity index is 497. The Labute approximate surface area is 124 Å². The number of aliphatic hydroxyl groups excluding tert-OH is 1.